The zero-order valence-corrected chi connectivity index (χ0v) is 12.8. The molecule has 98 valence electrons. The van der Waals surface area contributed by atoms with E-state index in [0.29, 0.717) is 11.5 Å². The van der Waals surface area contributed by atoms with Crippen LogP contribution < -0.4 is 5.32 Å². The van der Waals surface area contributed by atoms with Gasteiger partial charge in [0.15, 0.2) is 0 Å². The van der Waals surface area contributed by atoms with Crippen LogP contribution in [-0.2, 0) is 12.8 Å². The highest BCUT2D eigenvalue weighted by Crippen LogP contribution is 2.25. The first-order valence-corrected chi connectivity index (χ1v) is 7.55. The second-order valence-electron chi connectivity index (χ2n) is 5.92. The van der Waals surface area contributed by atoms with Gasteiger partial charge in [-0.25, -0.2) is 0 Å². The van der Waals surface area contributed by atoms with E-state index in [1.54, 1.807) is 4.88 Å². The van der Waals surface area contributed by atoms with Gasteiger partial charge in [0.05, 0.1) is 0 Å². The summed E-state index contributed by atoms with van der Waals surface area (Å²) in [4.78, 5) is 3.05. The van der Waals surface area contributed by atoms with Crippen molar-refractivity contribution in [1.82, 2.24) is 5.32 Å². The molecule has 1 aromatic rings. The van der Waals surface area contributed by atoms with Gasteiger partial charge in [0.2, 0.25) is 0 Å². The van der Waals surface area contributed by atoms with Crippen LogP contribution >= 0.6 is 11.3 Å². The monoisotopic (exact) mass is 253 g/mol. The topological polar surface area (TPSA) is 12.0 Å². The van der Waals surface area contributed by atoms with Crippen LogP contribution in [0, 0.1) is 5.41 Å². The molecule has 0 aliphatic rings. The predicted molar refractivity (Wildman–Crippen MR) is 78.9 cm³/mol. The normalized spacial score (nSPS) is 12.4. The molecule has 0 fully saturated rings. The third kappa shape index (κ3) is 5.69. The Bertz CT molecular complexity index is 325. The molecule has 1 N–H and O–H groups in total. The Balaban J connectivity index is 2.37. The van der Waals surface area contributed by atoms with E-state index in [1.807, 2.05) is 11.3 Å². The lowest BCUT2D eigenvalue weighted by molar-refractivity contribution is 0.305. The van der Waals surface area contributed by atoms with E-state index in [9.17, 15) is 0 Å². The van der Waals surface area contributed by atoms with E-state index in [0.717, 1.165) is 6.54 Å². The highest BCUT2D eigenvalue weighted by Gasteiger charge is 2.18. The van der Waals surface area contributed by atoms with Gasteiger partial charge in [-0.15, -0.1) is 11.3 Å². The summed E-state index contributed by atoms with van der Waals surface area (Å²) in [5.74, 6) is 0. The van der Waals surface area contributed by atoms with Crippen LogP contribution in [0.15, 0.2) is 12.1 Å². The molecule has 0 aliphatic heterocycles. The van der Waals surface area contributed by atoms with Crippen molar-refractivity contribution in [2.24, 2.45) is 5.41 Å². The van der Waals surface area contributed by atoms with Crippen molar-refractivity contribution in [2.45, 2.75) is 59.9 Å². The van der Waals surface area contributed by atoms with Gasteiger partial charge in [-0.05, 0) is 36.8 Å². The third-order valence-corrected chi connectivity index (χ3v) is 4.39. The van der Waals surface area contributed by atoms with Crippen LogP contribution in [0.5, 0.6) is 0 Å². The minimum absolute atomic E-state index is 0.390. The summed E-state index contributed by atoms with van der Waals surface area (Å²) in [7, 11) is 0. The average Bonchev–Trinajstić information content (AvgIpc) is 2.72. The minimum atomic E-state index is 0.390. The van der Waals surface area contributed by atoms with Crippen molar-refractivity contribution in [2.75, 3.05) is 6.54 Å². The molecule has 1 heterocycles. The van der Waals surface area contributed by atoms with Crippen LogP contribution in [0.4, 0.5) is 0 Å². The van der Waals surface area contributed by atoms with Crippen LogP contribution in [0.2, 0.25) is 0 Å². The van der Waals surface area contributed by atoms with Crippen molar-refractivity contribution in [1.29, 1.82) is 0 Å². The van der Waals surface area contributed by atoms with Gasteiger partial charge in [-0.1, -0.05) is 34.6 Å². The summed E-state index contributed by atoms with van der Waals surface area (Å²) in [6, 6.07) is 5.16. The standard InChI is InChI=1S/C15H27NS/c1-6-13-7-8-14(17-13)9-10-15(4,5)11-16-12(2)3/h7-8,12,16H,6,9-11H2,1-5H3. The van der Waals surface area contributed by atoms with Gasteiger partial charge in [0.1, 0.15) is 0 Å². The first kappa shape index (κ1) is 14.7. The van der Waals surface area contributed by atoms with E-state index in [1.165, 1.54) is 24.1 Å². The molecule has 0 spiro atoms. The minimum Gasteiger partial charge on any atom is -0.314 e. The lowest BCUT2D eigenvalue weighted by Gasteiger charge is -2.26. The van der Waals surface area contributed by atoms with Crippen LogP contribution in [0.3, 0.4) is 0 Å². The van der Waals surface area contributed by atoms with Crippen molar-refractivity contribution in [3.8, 4) is 0 Å². The Morgan fingerprint density at radius 2 is 1.88 bits per heavy atom. The molecule has 0 saturated heterocycles. The summed E-state index contributed by atoms with van der Waals surface area (Å²) in [6.07, 6.45) is 3.65. The number of hydrogen-bond acceptors (Lipinski definition) is 2. The molecule has 0 saturated carbocycles. The summed E-state index contributed by atoms with van der Waals surface area (Å²) < 4.78 is 0. The largest absolute Gasteiger partial charge is 0.314 e. The number of thiophene rings is 1. The quantitative estimate of drug-likeness (QED) is 0.765. The number of nitrogens with one attached hydrogen (secondary N) is 1. The van der Waals surface area contributed by atoms with Gasteiger partial charge in [-0.2, -0.15) is 0 Å². The van der Waals surface area contributed by atoms with Crippen LogP contribution in [0.25, 0.3) is 0 Å². The number of aryl methyl sites for hydroxylation is 2. The van der Waals surface area contributed by atoms with Crippen LogP contribution in [-0.4, -0.2) is 12.6 Å². The van der Waals surface area contributed by atoms with Gasteiger partial charge in [-0.3, -0.25) is 0 Å². The molecule has 1 rings (SSSR count). The molecular formula is C15H27NS. The van der Waals surface area contributed by atoms with E-state index in [4.69, 9.17) is 0 Å². The molecule has 0 atom stereocenters. The maximum atomic E-state index is 3.54. The van der Waals surface area contributed by atoms with Crippen molar-refractivity contribution >= 4 is 11.3 Å². The highest BCUT2D eigenvalue weighted by molar-refractivity contribution is 7.11. The maximum Gasteiger partial charge on any atom is 0.00483 e. The first-order valence-electron chi connectivity index (χ1n) is 6.74. The highest BCUT2D eigenvalue weighted by atomic mass is 32.1. The van der Waals surface area contributed by atoms with E-state index in [-0.39, 0.29) is 0 Å². The molecular weight excluding hydrogens is 226 g/mol. The second kappa shape index (κ2) is 6.55. The molecule has 0 bridgehead atoms. The van der Waals surface area contributed by atoms with Gasteiger partial charge >= 0.3 is 0 Å². The number of hydrogen-bond donors (Lipinski definition) is 1. The molecule has 0 radical (unpaired) electrons. The van der Waals surface area contributed by atoms with E-state index in [2.05, 4.69) is 52.1 Å². The Morgan fingerprint density at radius 1 is 1.24 bits per heavy atom. The van der Waals surface area contributed by atoms with Crippen LogP contribution in [0.1, 0.15) is 50.8 Å². The smallest absolute Gasteiger partial charge is 0.00483 e. The Morgan fingerprint density at radius 3 is 2.41 bits per heavy atom. The molecule has 1 aromatic heterocycles. The molecule has 0 unspecified atom stereocenters. The Labute approximate surface area is 111 Å². The second-order valence-corrected chi connectivity index (χ2v) is 7.17. The fraction of sp³-hybridized carbons (Fsp3) is 0.733. The molecule has 17 heavy (non-hydrogen) atoms. The molecule has 2 heteroatoms. The predicted octanol–water partition coefficient (Wildman–Crippen LogP) is 4.27. The van der Waals surface area contributed by atoms with Crippen molar-refractivity contribution in [3.63, 3.8) is 0 Å². The Hall–Kier alpha value is -0.340. The first-order chi connectivity index (χ1) is 7.93. The van der Waals surface area contributed by atoms with Crippen molar-refractivity contribution in [3.05, 3.63) is 21.9 Å². The molecule has 0 amide bonds. The van der Waals surface area contributed by atoms with E-state index >= 15 is 0 Å². The zero-order valence-electron chi connectivity index (χ0n) is 12.0. The number of rotatable bonds is 7. The zero-order chi connectivity index (χ0) is 12.9. The average molecular weight is 253 g/mol. The Kier molecular flexibility index (Phi) is 5.68. The van der Waals surface area contributed by atoms with Crippen molar-refractivity contribution < 1.29 is 0 Å². The summed E-state index contributed by atoms with van der Waals surface area (Å²) in [5.41, 5.74) is 0.390. The summed E-state index contributed by atoms with van der Waals surface area (Å²) >= 11 is 1.98. The fourth-order valence-electron chi connectivity index (χ4n) is 1.78. The van der Waals surface area contributed by atoms with E-state index < -0.39 is 0 Å². The third-order valence-electron chi connectivity index (χ3n) is 3.10. The lowest BCUT2D eigenvalue weighted by Crippen LogP contribution is -2.34. The fourth-order valence-corrected chi connectivity index (χ4v) is 2.73. The van der Waals surface area contributed by atoms with Gasteiger partial charge < -0.3 is 5.32 Å². The molecule has 1 nitrogen and oxygen atoms in total. The SMILES string of the molecule is CCc1ccc(CCC(C)(C)CNC(C)C)s1. The lowest BCUT2D eigenvalue weighted by atomic mass is 9.87. The summed E-state index contributed by atoms with van der Waals surface area (Å²) in [6.45, 7) is 12.5. The maximum absolute atomic E-state index is 3.54. The van der Waals surface area contributed by atoms with Gasteiger partial charge in [0, 0.05) is 22.3 Å². The summed E-state index contributed by atoms with van der Waals surface area (Å²) in [5, 5.41) is 3.54. The van der Waals surface area contributed by atoms with Gasteiger partial charge in [0.25, 0.3) is 0 Å². The molecule has 0 aliphatic carbocycles. The molecule has 0 aromatic carbocycles.